The molecule has 0 amide bonds. The summed E-state index contributed by atoms with van der Waals surface area (Å²) in [6.45, 7) is 13.9. The van der Waals surface area contributed by atoms with E-state index in [1.165, 1.54) is 6.33 Å². The van der Waals surface area contributed by atoms with Gasteiger partial charge in [0, 0.05) is 5.92 Å². The number of aromatic amines is 1. The van der Waals surface area contributed by atoms with Gasteiger partial charge >= 0.3 is 6.16 Å². The highest BCUT2D eigenvalue weighted by atomic mass is 16.7. The first kappa shape index (κ1) is 22.8. The standard InChI is InChI=1S/C21H31N5O5/c1-11-12(8-30-19(29)31-21(5,6)9-20(2,3)4)14(27)7-13(11)26-10-23-15-16(26)24-18(22)25-17(15)28/h10,12-14,27H,1,7-9H2,2-6H3,(H3,22,24,25,28)/t12-,13-,14-/m0/s1. The maximum atomic E-state index is 12.2. The van der Waals surface area contributed by atoms with E-state index in [9.17, 15) is 14.7 Å². The summed E-state index contributed by atoms with van der Waals surface area (Å²) in [5, 5.41) is 10.6. The highest BCUT2D eigenvalue weighted by molar-refractivity contribution is 5.71. The molecular formula is C21H31N5O5. The Morgan fingerprint density at radius 2 is 2.06 bits per heavy atom. The average Bonchev–Trinajstić information content (AvgIpc) is 3.11. The number of nitrogens with two attached hydrogens (primary N) is 1. The van der Waals surface area contributed by atoms with Crippen molar-refractivity contribution in [2.45, 2.75) is 65.2 Å². The van der Waals surface area contributed by atoms with Crippen molar-refractivity contribution in [1.82, 2.24) is 19.5 Å². The van der Waals surface area contributed by atoms with E-state index in [2.05, 4.69) is 42.3 Å². The van der Waals surface area contributed by atoms with Crippen molar-refractivity contribution in [2.75, 3.05) is 12.3 Å². The van der Waals surface area contributed by atoms with Gasteiger partial charge in [0.2, 0.25) is 5.95 Å². The number of anilines is 1. The van der Waals surface area contributed by atoms with Crippen molar-refractivity contribution < 1.29 is 19.4 Å². The molecule has 10 heteroatoms. The van der Waals surface area contributed by atoms with Crippen molar-refractivity contribution in [3.8, 4) is 0 Å². The summed E-state index contributed by atoms with van der Waals surface area (Å²) in [4.78, 5) is 34.9. The lowest BCUT2D eigenvalue weighted by atomic mass is 9.84. The third-order valence-corrected chi connectivity index (χ3v) is 5.32. The quantitative estimate of drug-likeness (QED) is 0.482. The first-order valence-corrected chi connectivity index (χ1v) is 10.2. The monoisotopic (exact) mass is 433 g/mol. The number of H-pyrrole nitrogens is 1. The fourth-order valence-corrected chi connectivity index (χ4v) is 4.45. The van der Waals surface area contributed by atoms with Crippen LogP contribution in [-0.4, -0.2) is 49.1 Å². The van der Waals surface area contributed by atoms with E-state index in [4.69, 9.17) is 15.2 Å². The third-order valence-electron chi connectivity index (χ3n) is 5.32. The second kappa shape index (κ2) is 7.99. The van der Waals surface area contributed by atoms with Crippen molar-refractivity contribution in [1.29, 1.82) is 0 Å². The van der Waals surface area contributed by atoms with Crippen LogP contribution in [0.1, 0.15) is 53.5 Å². The fourth-order valence-electron chi connectivity index (χ4n) is 4.45. The van der Waals surface area contributed by atoms with Gasteiger partial charge in [-0.15, -0.1) is 0 Å². The lowest BCUT2D eigenvalue weighted by Gasteiger charge is -2.31. The largest absolute Gasteiger partial charge is 0.508 e. The Labute approximate surface area is 180 Å². The number of fused-ring (bicyclic) bond motifs is 1. The molecule has 2 aromatic heterocycles. The van der Waals surface area contributed by atoms with Crippen molar-refractivity contribution in [2.24, 2.45) is 11.3 Å². The molecular weight excluding hydrogens is 402 g/mol. The molecule has 0 aromatic carbocycles. The van der Waals surface area contributed by atoms with E-state index in [-0.39, 0.29) is 29.5 Å². The normalized spacial score (nSPS) is 22.1. The van der Waals surface area contributed by atoms with Gasteiger partial charge in [-0.3, -0.25) is 9.78 Å². The van der Waals surface area contributed by atoms with E-state index in [0.29, 0.717) is 24.1 Å². The minimum absolute atomic E-state index is 0.0142. The van der Waals surface area contributed by atoms with E-state index >= 15 is 0 Å². The van der Waals surface area contributed by atoms with Crippen molar-refractivity contribution >= 4 is 23.3 Å². The fraction of sp³-hybridized carbons (Fsp3) is 0.619. The number of ether oxygens (including phenoxy) is 2. The number of aromatic nitrogens is 4. The molecule has 1 fully saturated rings. The van der Waals surface area contributed by atoms with E-state index < -0.39 is 29.3 Å². The first-order chi connectivity index (χ1) is 14.3. The third kappa shape index (κ3) is 5.07. The molecule has 1 saturated carbocycles. The van der Waals surface area contributed by atoms with Gasteiger partial charge < -0.3 is 24.9 Å². The topological polar surface area (TPSA) is 145 Å². The Kier molecular flexibility index (Phi) is 5.88. The summed E-state index contributed by atoms with van der Waals surface area (Å²) < 4.78 is 12.5. The molecule has 0 radical (unpaired) electrons. The second-order valence-corrected chi connectivity index (χ2v) is 9.94. The molecule has 2 aromatic rings. The van der Waals surface area contributed by atoms with Crippen LogP contribution in [0.25, 0.3) is 11.2 Å². The highest BCUT2D eigenvalue weighted by Gasteiger charge is 2.39. The number of nitrogens with zero attached hydrogens (tertiary/aromatic N) is 3. The van der Waals surface area contributed by atoms with Gasteiger partial charge in [0.05, 0.1) is 18.5 Å². The number of aliphatic hydroxyl groups is 1. The van der Waals surface area contributed by atoms with Gasteiger partial charge in [-0.05, 0) is 37.7 Å². The van der Waals surface area contributed by atoms with Crippen LogP contribution in [0.2, 0.25) is 0 Å². The molecule has 10 nitrogen and oxygen atoms in total. The number of aliphatic hydroxyl groups excluding tert-OH is 1. The van der Waals surface area contributed by atoms with Gasteiger partial charge in [0.15, 0.2) is 11.2 Å². The molecule has 4 N–H and O–H groups in total. The lowest BCUT2D eigenvalue weighted by Crippen LogP contribution is -2.34. The predicted octanol–water partition coefficient (Wildman–Crippen LogP) is 2.55. The van der Waals surface area contributed by atoms with E-state index in [1.807, 2.05) is 13.8 Å². The van der Waals surface area contributed by atoms with Gasteiger partial charge in [-0.1, -0.05) is 27.4 Å². The van der Waals surface area contributed by atoms with Crippen LogP contribution in [0.3, 0.4) is 0 Å². The number of hydrogen-bond acceptors (Lipinski definition) is 8. The maximum Gasteiger partial charge on any atom is 0.508 e. The summed E-state index contributed by atoms with van der Waals surface area (Å²) >= 11 is 0. The Morgan fingerprint density at radius 3 is 2.71 bits per heavy atom. The first-order valence-electron chi connectivity index (χ1n) is 10.2. The van der Waals surface area contributed by atoms with Crippen LogP contribution in [0.4, 0.5) is 10.7 Å². The van der Waals surface area contributed by atoms with Gasteiger partial charge in [-0.2, -0.15) is 4.98 Å². The van der Waals surface area contributed by atoms with Crippen molar-refractivity contribution in [3.05, 3.63) is 28.8 Å². The predicted molar refractivity (Wildman–Crippen MR) is 115 cm³/mol. The molecule has 0 aliphatic heterocycles. The number of nitrogens with one attached hydrogen (secondary N) is 1. The minimum atomic E-state index is -0.787. The van der Waals surface area contributed by atoms with E-state index in [0.717, 1.165) is 0 Å². The van der Waals surface area contributed by atoms with Crippen LogP contribution < -0.4 is 11.3 Å². The number of rotatable bonds is 5. The zero-order valence-electron chi connectivity index (χ0n) is 18.6. The molecule has 170 valence electrons. The molecule has 0 unspecified atom stereocenters. The summed E-state index contributed by atoms with van der Waals surface area (Å²) in [5.74, 6) is -0.510. The number of carbonyl (C=O) groups is 1. The SMILES string of the molecule is C=C1[C@H](COC(=O)OC(C)(C)CC(C)(C)C)[C@@H](O)C[C@@H]1n1cnc2c(=O)[nH]c(N)nc21. The van der Waals surface area contributed by atoms with Gasteiger partial charge in [-0.25, -0.2) is 9.78 Å². The molecule has 31 heavy (non-hydrogen) atoms. The van der Waals surface area contributed by atoms with E-state index in [1.54, 1.807) is 4.57 Å². The summed E-state index contributed by atoms with van der Waals surface area (Å²) in [6, 6.07) is -0.365. The molecule has 3 atom stereocenters. The summed E-state index contributed by atoms with van der Waals surface area (Å²) in [7, 11) is 0. The van der Waals surface area contributed by atoms with Crippen LogP contribution in [0.15, 0.2) is 23.3 Å². The van der Waals surface area contributed by atoms with Gasteiger partial charge in [0.1, 0.15) is 12.2 Å². The van der Waals surface area contributed by atoms with Crippen LogP contribution in [0, 0.1) is 11.3 Å². The number of nitrogen functional groups attached to an aromatic ring is 1. The van der Waals surface area contributed by atoms with Crippen LogP contribution in [0.5, 0.6) is 0 Å². The smallest absolute Gasteiger partial charge is 0.434 e. The Hall–Kier alpha value is -2.88. The molecule has 0 saturated heterocycles. The molecule has 0 bridgehead atoms. The molecule has 1 aliphatic carbocycles. The van der Waals surface area contributed by atoms with Crippen molar-refractivity contribution in [3.63, 3.8) is 0 Å². The number of imidazole rings is 1. The highest BCUT2D eigenvalue weighted by Crippen LogP contribution is 2.40. The molecule has 1 aliphatic rings. The summed E-state index contributed by atoms with van der Waals surface area (Å²) in [5.41, 5.74) is 5.63. The average molecular weight is 434 g/mol. The zero-order chi connectivity index (χ0) is 23.1. The Bertz CT molecular complexity index is 1050. The van der Waals surface area contributed by atoms with Crippen LogP contribution >= 0.6 is 0 Å². The Balaban J connectivity index is 1.68. The number of carbonyl (C=O) groups excluding carboxylic acids is 1. The maximum absolute atomic E-state index is 12.2. The zero-order valence-corrected chi connectivity index (χ0v) is 18.6. The lowest BCUT2D eigenvalue weighted by molar-refractivity contribution is -0.0411. The molecule has 2 heterocycles. The summed E-state index contributed by atoms with van der Waals surface area (Å²) in [6.07, 6.45) is 0.883. The second-order valence-electron chi connectivity index (χ2n) is 9.94. The minimum Gasteiger partial charge on any atom is -0.434 e. The Morgan fingerprint density at radius 1 is 1.39 bits per heavy atom. The number of hydrogen-bond donors (Lipinski definition) is 3. The van der Waals surface area contributed by atoms with Gasteiger partial charge in [0.25, 0.3) is 5.56 Å². The van der Waals surface area contributed by atoms with Crippen LogP contribution in [-0.2, 0) is 9.47 Å². The molecule has 3 rings (SSSR count). The molecule has 0 spiro atoms.